The molecule has 6 nitrogen and oxygen atoms in total. The number of nitrogens with zero attached hydrogens (tertiary/aromatic N) is 1. The van der Waals surface area contributed by atoms with Gasteiger partial charge in [-0.3, -0.25) is 4.79 Å². The zero-order chi connectivity index (χ0) is 15.9. The zero-order valence-electron chi connectivity index (χ0n) is 12.7. The van der Waals surface area contributed by atoms with Crippen molar-refractivity contribution in [3.63, 3.8) is 0 Å². The number of likely N-dealkylation sites (tertiary alicyclic amines) is 1. The Morgan fingerprint density at radius 1 is 1.43 bits per heavy atom. The third kappa shape index (κ3) is 6.14. The molecular weight excluding hydrogens is 312 g/mol. The van der Waals surface area contributed by atoms with Gasteiger partial charge in [-0.2, -0.15) is 11.8 Å². The summed E-state index contributed by atoms with van der Waals surface area (Å²) in [5.41, 5.74) is 0. The molecular formula is C13H26N2O4S2. The lowest BCUT2D eigenvalue weighted by Crippen LogP contribution is -2.51. The Balaban J connectivity index is 2.67. The van der Waals surface area contributed by atoms with Gasteiger partial charge in [0.05, 0.1) is 5.75 Å². The summed E-state index contributed by atoms with van der Waals surface area (Å²) in [6.45, 7) is 2.90. The Morgan fingerprint density at radius 2 is 2.05 bits per heavy atom. The molecule has 0 saturated carbocycles. The first-order chi connectivity index (χ1) is 9.93. The molecule has 0 radical (unpaired) electrons. The number of nitrogens with one attached hydrogen (secondary N) is 1. The maximum Gasteiger partial charge on any atom is 0.240 e. The third-order valence-corrected chi connectivity index (χ3v) is 5.84. The molecule has 1 atom stereocenters. The van der Waals surface area contributed by atoms with Crippen LogP contribution in [0.5, 0.6) is 0 Å². The molecule has 1 amide bonds. The zero-order valence-corrected chi connectivity index (χ0v) is 14.4. The summed E-state index contributed by atoms with van der Waals surface area (Å²) >= 11 is 1.59. The van der Waals surface area contributed by atoms with Crippen molar-refractivity contribution in [1.29, 1.82) is 0 Å². The number of rotatable bonds is 8. The lowest BCUT2D eigenvalue weighted by atomic mass is 9.97. The minimum atomic E-state index is -3.40. The average Bonchev–Trinajstić information content (AvgIpc) is 2.50. The summed E-state index contributed by atoms with van der Waals surface area (Å²) < 4.78 is 26.0. The van der Waals surface area contributed by atoms with Crippen molar-refractivity contribution >= 4 is 27.7 Å². The van der Waals surface area contributed by atoms with Crippen LogP contribution < -0.4 is 4.72 Å². The normalized spacial score (nSPS) is 18.7. The van der Waals surface area contributed by atoms with Crippen molar-refractivity contribution in [1.82, 2.24) is 9.62 Å². The Morgan fingerprint density at radius 3 is 2.52 bits per heavy atom. The van der Waals surface area contributed by atoms with Gasteiger partial charge < -0.3 is 10.0 Å². The van der Waals surface area contributed by atoms with Crippen molar-refractivity contribution in [2.24, 2.45) is 5.92 Å². The smallest absolute Gasteiger partial charge is 0.240 e. The number of piperidine rings is 1. The van der Waals surface area contributed by atoms with Crippen LogP contribution in [-0.2, 0) is 14.8 Å². The minimum absolute atomic E-state index is 0.0252. The van der Waals surface area contributed by atoms with E-state index in [9.17, 15) is 13.2 Å². The summed E-state index contributed by atoms with van der Waals surface area (Å²) in [7, 11) is -3.40. The van der Waals surface area contributed by atoms with Crippen LogP contribution in [0.25, 0.3) is 0 Å². The lowest BCUT2D eigenvalue weighted by Gasteiger charge is -2.33. The first-order valence-corrected chi connectivity index (χ1v) is 10.4. The van der Waals surface area contributed by atoms with Gasteiger partial charge in [-0.1, -0.05) is 0 Å². The minimum Gasteiger partial charge on any atom is -0.396 e. The maximum atomic E-state index is 12.5. The van der Waals surface area contributed by atoms with Crippen molar-refractivity contribution in [3.8, 4) is 0 Å². The van der Waals surface area contributed by atoms with Crippen molar-refractivity contribution in [2.45, 2.75) is 32.2 Å². The first-order valence-electron chi connectivity index (χ1n) is 7.32. The molecule has 0 spiro atoms. The number of hydrogen-bond donors (Lipinski definition) is 2. The molecule has 1 saturated heterocycles. The molecule has 0 aromatic carbocycles. The van der Waals surface area contributed by atoms with Crippen LogP contribution in [-0.4, -0.2) is 67.8 Å². The van der Waals surface area contributed by atoms with Crippen LogP contribution in [0.1, 0.15) is 26.2 Å². The van der Waals surface area contributed by atoms with Crippen LogP contribution in [0.15, 0.2) is 0 Å². The van der Waals surface area contributed by atoms with Gasteiger partial charge in [0.15, 0.2) is 0 Å². The van der Waals surface area contributed by atoms with Gasteiger partial charge in [0, 0.05) is 19.7 Å². The molecule has 0 bridgehead atoms. The molecule has 1 aliphatic heterocycles. The number of carbonyl (C=O) groups excluding carboxylic acids is 1. The number of thioether (sulfide) groups is 1. The standard InChI is InChI=1S/C13H26N2O4S2/c1-3-21(18,19)14-12(6-9-20-2)13(17)15-7-4-11(10-16)5-8-15/h11-12,14,16H,3-10H2,1-2H3. The average molecular weight is 338 g/mol. The number of aliphatic hydroxyl groups is 1. The first kappa shape index (κ1) is 18.7. The van der Waals surface area contributed by atoms with E-state index in [0.29, 0.717) is 19.5 Å². The topological polar surface area (TPSA) is 86.7 Å². The Labute approximate surface area is 131 Å². The van der Waals surface area contributed by atoms with Crippen LogP contribution >= 0.6 is 11.8 Å². The van der Waals surface area contributed by atoms with Gasteiger partial charge in [-0.05, 0) is 44.1 Å². The predicted molar refractivity (Wildman–Crippen MR) is 85.8 cm³/mol. The highest BCUT2D eigenvalue weighted by atomic mass is 32.2. The highest BCUT2D eigenvalue weighted by Crippen LogP contribution is 2.18. The van der Waals surface area contributed by atoms with E-state index in [0.717, 1.165) is 18.6 Å². The van der Waals surface area contributed by atoms with E-state index in [1.165, 1.54) is 0 Å². The molecule has 8 heteroatoms. The quantitative estimate of drug-likeness (QED) is 0.664. The van der Waals surface area contributed by atoms with Gasteiger partial charge >= 0.3 is 0 Å². The van der Waals surface area contributed by atoms with Gasteiger partial charge in [0.2, 0.25) is 15.9 Å². The summed E-state index contributed by atoms with van der Waals surface area (Å²) in [4.78, 5) is 14.2. The molecule has 0 aromatic rings. The lowest BCUT2D eigenvalue weighted by molar-refractivity contribution is -0.134. The molecule has 1 heterocycles. The second kappa shape index (κ2) is 8.97. The molecule has 1 unspecified atom stereocenters. The molecule has 21 heavy (non-hydrogen) atoms. The monoisotopic (exact) mass is 338 g/mol. The molecule has 1 fully saturated rings. The highest BCUT2D eigenvalue weighted by Gasteiger charge is 2.30. The van der Waals surface area contributed by atoms with Crippen molar-refractivity contribution in [2.75, 3.05) is 37.5 Å². The summed E-state index contributed by atoms with van der Waals surface area (Å²) in [6.07, 6.45) is 3.98. The van der Waals surface area contributed by atoms with E-state index < -0.39 is 16.1 Å². The van der Waals surface area contributed by atoms with Gasteiger partial charge in [-0.25, -0.2) is 13.1 Å². The Kier molecular flexibility index (Phi) is 8.00. The van der Waals surface area contributed by atoms with Crippen LogP contribution in [0.3, 0.4) is 0 Å². The Hall–Kier alpha value is -0.310. The van der Waals surface area contributed by atoms with E-state index >= 15 is 0 Å². The number of sulfonamides is 1. The fourth-order valence-electron chi connectivity index (χ4n) is 2.32. The van der Waals surface area contributed by atoms with Gasteiger partial charge in [0.25, 0.3) is 0 Å². The number of amides is 1. The fourth-order valence-corrected chi connectivity index (χ4v) is 3.62. The molecule has 0 aliphatic carbocycles. The summed E-state index contributed by atoms with van der Waals surface area (Å²) in [5, 5.41) is 9.13. The SMILES string of the molecule is CCS(=O)(=O)NC(CCSC)C(=O)N1CCC(CO)CC1. The molecule has 124 valence electrons. The van der Waals surface area contributed by atoms with Crippen LogP contribution in [0, 0.1) is 5.92 Å². The second-order valence-corrected chi connectivity index (χ2v) is 8.33. The number of hydrogen-bond acceptors (Lipinski definition) is 5. The van der Waals surface area contributed by atoms with E-state index in [4.69, 9.17) is 5.11 Å². The third-order valence-electron chi connectivity index (χ3n) is 3.80. The second-order valence-electron chi connectivity index (χ2n) is 5.31. The maximum absolute atomic E-state index is 12.5. The molecule has 0 aromatic heterocycles. The molecule has 1 rings (SSSR count). The summed E-state index contributed by atoms with van der Waals surface area (Å²) in [5.74, 6) is 0.821. The van der Waals surface area contributed by atoms with Gasteiger partial charge in [-0.15, -0.1) is 0 Å². The van der Waals surface area contributed by atoms with Crippen LogP contribution in [0.4, 0.5) is 0 Å². The summed E-state index contributed by atoms with van der Waals surface area (Å²) in [6, 6.07) is -0.673. The van der Waals surface area contributed by atoms with E-state index in [-0.39, 0.29) is 24.2 Å². The molecule has 1 aliphatic rings. The number of carbonyl (C=O) groups is 1. The van der Waals surface area contributed by atoms with Gasteiger partial charge in [0.1, 0.15) is 6.04 Å². The number of aliphatic hydroxyl groups excluding tert-OH is 1. The fraction of sp³-hybridized carbons (Fsp3) is 0.923. The van der Waals surface area contributed by atoms with E-state index in [1.807, 2.05) is 6.26 Å². The highest BCUT2D eigenvalue weighted by molar-refractivity contribution is 7.98. The Bertz CT molecular complexity index is 420. The van der Waals surface area contributed by atoms with Crippen LogP contribution in [0.2, 0.25) is 0 Å². The van der Waals surface area contributed by atoms with E-state index in [1.54, 1.807) is 23.6 Å². The van der Waals surface area contributed by atoms with Crippen molar-refractivity contribution < 1.29 is 18.3 Å². The van der Waals surface area contributed by atoms with E-state index in [2.05, 4.69) is 4.72 Å². The van der Waals surface area contributed by atoms with Crippen molar-refractivity contribution in [3.05, 3.63) is 0 Å². The molecule has 2 N–H and O–H groups in total. The largest absolute Gasteiger partial charge is 0.396 e. The predicted octanol–water partition coefficient (Wildman–Crippen LogP) is 0.278.